The fourth-order valence-electron chi connectivity index (χ4n) is 2.55. The number of nitrogens with two attached hydrogens (primary N) is 1. The second-order valence-electron chi connectivity index (χ2n) is 5.12. The predicted molar refractivity (Wildman–Crippen MR) is 80.1 cm³/mol. The van der Waals surface area contributed by atoms with Gasteiger partial charge in [0.25, 0.3) is 10.0 Å². The number of nitrogens with one attached hydrogen (secondary N) is 1. The van der Waals surface area contributed by atoms with Crippen LogP contribution in [-0.4, -0.2) is 8.42 Å². The summed E-state index contributed by atoms with van der Waals surface area (Å²) in [6.07, 6.45) is 2.95. The first-order valence-electron chi connectivity index (χ1n) is 6.65. The summed E-state index contributed by atoms with van der Waals surface area (Å²) in [6, 6.07) is 8.70. The van der Waals surface area contributed by atoms with Gasteiger partial charge in [-0.05, 0) is 60.7 Å². The maximum atomic E-state index is 13.0. The molecule has 0 heterocycles. The van der Waals surface area contributed by atoms with Crippen LogP contribution in [0.1, 0.15) is 17.5 Å². The topological polar surface area (TPSA) is 72.2 Å². The largest absolute Gasteiger partial charge is 0.397 e. The summed E-state index contributed by atoms with van der Waals surface area (Å²) in [4.78, 5) is 0.201. The number of nitrogen functional groups attached to an aromatic ring is 1. The van der Waals surface area contributed by atoms with E-state index >= 15 is 0 Å². The third-order valence-corrected chi connectivity index (χ3v) is 5.00. The predicted octanol–water partition coefficient (Wildman–Crippen LogP) is 2.70. The number of anilines is 2. The smallest absolute Gasteiger partial charge is 0.261 e. The molecule has 0 saturated heterocycles. The summed E-state index contributed by atoms with van der Waals surface area (Å²) in [5.41, 5.74) is 8.14. The lowest BCUT2D eigenvalue weighted by atomic mass is 10.1. The number of rotatable bonds is 3. The molecule has 0 saturated carbocycles. The van der Waals surface area contributed by atoms with Crippen molar-refractivity contribution in [2.75, 3.05) is 10.5 Å². The summed E-state index contributed by atoms with van der Waals surface area (Å²) in [6.45, 7) is 0. The first-order valence-corrected chi connectivity index (χ1v) is 8.14. The Hall–Kier alpha value is -2.08. The van der Waals surface area contributed by atoms with Crippen LogP contribution in [0.15, 0.2) is 41.3 Å². The Bertz CT molecular complexity index is 803. The van der Waals surface area contributed by atoms with Gasteiger partial charge >= 0.3 is 0 Å². The lowest BCUT2D eigenvalue weighted by molar-refractivity contribution is 0.601. The third-order valence-electron chi connectivity index (χ3n) is 3.64. The van der Waals surface area contributed by atoms with E-state index in [-0.39, 0.29) is 16.3 Å². The molecule has 0 radical (unpaired) electrons. The Morgan fingerprint density at radius 1 is 1.05 bits per heavy atom. The molecule has 0 aliphatic heterocycles. The zero-order chi connectivity index (χ0) is 15.0. The molecule has 6 heteroatoms. The van der Waals surface area contributed by atoms with Gasteiger partial charge in [0.2, 0.25) is 0 Å². The quantitative estimate of drug-likeness (QED) is 0.856. The second-order valence-corrected chi connectivity index (χ2v) is 6.80. The van der Waals surface area contributed by atoms with Crippen molar-refractivity contribution in [1.82, 2.24) is 0 Å². The van der Waals surface area contributed by atoms with Crippen molar-refractivity contribution >= 4 is 21.4 Å². The van der Waals surface area contributed by atoms with Crippen molar-refractivity contribution in [2.24, 2.45) is 0 Å². The van der Waals surface area contributed by atoms with Gasteiger partial charge < -0.3 is 5.73 Å². The molecule has 21 heavy (non-hydrogen) atoms. The molecule has 0 atom stereocenters. The highest BCUT2D eigenvalue weighted by Gasteiger charge is 2.19. The number of hydrogen-bond donors (Lipinski definition) is 2. The highest BCUT2D eigenvalue weighted by molar-refractivity contribution is 7.92. The van der Waals surface area contributed by atoms with Crippen LogP contribution < -0.4 is 10.5 Å². The Morgan fingerprint density at radius 2 is 1.81 bits per heavy atom. The molecule has 0 fully saturated rings. The average Bonchev–Trinajstić information content (AvgIpc) is 2.89. The molecule has 4 nitrogen and oxygen atoms in total. The van der Waals surface area contributed by atoms with Gasteiger partial charge in [-0.2, -0.15) is 0 Å². The SMILES string of the molecule is Nc1cc(F)ccc1NS(=O)(=O)c1ccc2c(c1)CCC2. The second kappa shape index (κ2) is 5.04. The summed E-state index contributed by atoms with van der Waals surface area (Å²) < 4.78 is 40.2. The highest BCUT2D eigenvalue weighted by atomic mass is 32.2. The molecule has 0 bridgehead atoms. The highest BCUT2D eigenvalue weighted by Crippen LogP contribution is 2.27. The zero-order valence-corrected chi connectivity index (χ0v) is 12.1. The van der Waals surface area contributed by atoms with Crippen molar-refractivity contribution in [3.63, 3.8) is 0 Å². The molecule has 1 aliphatic rings. The minimum atomic E-state index is -3.72. The van der Waals surface area contributed by atoms with Crippen LogP contribution in [0.3, 0.4) is 0 Å². The van der Waals surface area contributed by atoms with Gasteiger partial charge in [0.15, 0.2) is 0 Å². The van der Waals surface area contributed by atoms with Gasteiger partial charge in [-0.3, -0.25) is 4.72 Å². The molecule has 110 valence electrons. The molecule has 1 aliphatic carbocycles. The van der Waals surface area contributed by atoms with Gasteiger partial charge in [-0.25, -0.2) is 12.8 Å². The van der Waals surface area contributed by atoms with Crippen molar-refractivity contribution in [3.8, 4) is 0 Å². The number of fused-ring (bicyclic) bond motifs is 1. The lowest BCUT2D eigenvalue weighted by Gasteiger charge is -2.11. The van der Waals surface area contributed by atoms with Gasteiger partial charge in [0, 0.05) is 0 Å². The Morgan fingerprint density at radius 3 is 2.57 bits per heavy atom. The first kappa shape index (κ1) is 13.9. The number of halogens is 1. The maximum absolute atomic E-state index is 13.0. The fraction of sp³-hybridized carbons (Fsp3) is 0.200. The summed E-state index contributed by atoms with van der Waals surface area (Å²) in [5, 5.41) is 0. The van der Waals surface area contributed by atoms with Crippen molar-refractivity contribution in [2.45, 2.75) is 24.2 Å². The van der Waals surface area contributed by atoms with Gasteiger partial charge in [-0.15, -0.1) is 0 Å². The van der Waals surface area contributed by atoms with Crippen LogP contribution in [0, 0.1) is 5.82 Å². The van der Waals surface area contributed by atoms with E-state index in [0.717, 1.165) is 37.0 Å². The van der Waals surface area contributed by atoms with E-state index in [1.807, 2.05) is 6.07 Å². The van der Waals surface area contributed by atoms with E-state index in [0.29, 0.717) is 0 Å². The fourth-order valence-corrected chi connectivity index (χ4v) is 3.68. The Labute approximate surface area is 122 Å². The zero-order valence-electron chi connectivity index (χ0n) is 11.3. The molecule has 0 unspecified atom stereocenters. The summed E-state index contributed by atoms with van der Waals surface area (Å²) in [5.74, 6) is -0.507. The lowest BCUT2D eigenvalue weighted by Crippen LogP contribution is -2.14. The van der Waals surface area contributed by atoms with Crippen molar-refractivity contribution in [3.05, 3.63) is 53.3 Å². The van der Waals surface area contributed by atoms with Gasteiger partial charge in [0.05, 0.1) is 16.3 Å². The average molecular weight is 306 g/mol. The molecule has 3 N–H and O–H groups in total. The van der Waals surface area contributed by atoms with E-state index < -0.39 is 15.8 Å². The van der Waals surface area contributed by atoms with E-state index in [1.54, 1.807) is 12.1 Å². The monoisotopic (exact) mass is 306 g/mol. The molecule has 0 amide bonds. The number of hydrogen-bond acceptors (Lipinski definition) is 3. The van der Waals surface area contributed by atoms with Crippen LogP contribution in [0.25, 0.3) is 0 Å². The van der Waals surface area contributed by atoms with Gasteiger partial charge in [-0.1, -0.05) is 6.07 Å². The number of benzene rings is 2. The molecule has 2 aromatic rings. The van der Waals surface area contributed by atoms with Crippen LogP contribution >= 0.6 is 0 Å². The van der Waals surface area contributed by atoms with Crippen LogP contribution in [0.4, 0.5) is 15.8 Å². The van der Waals surface area contributed by atoms with Crippen LogP contribution in [-0.2, 0) is 22.9 Å². The van der Waals surface area contributed by atoms with Crippen LogP contribution in [0.2, 0.25) is 0 Å². The molecule has 2 aromatic carbocycles. The van der Waals surface area contributed by atoms with Crippen LogP contribution in [0.5, 0.6) is 0 Å². The van der Waals surface area contributed by atoms with E-state index in [4.69, 9.17) is 5.73 Å². The molecular weight excluding hydrogens is 291 g/mol. The van der Waals surface area contributed by atoms with E-state index in [9.17, 15) is 12.8 Å². The molecule has 3 rings (SSSR count). The third kappa shape index (κ3) is 2.71. The van der Waals surface area contributed by atoms with Crippen molar-refractivity contribution in [1.29, 1.82) is 0 Å². The first-order chi connectivity index (χ1) is 9.95. The van der Waals surface area contributed by atoms with E-state index in [1.165, 1.54) is 11.6 Å². The summed E-state index contributed by atoms with van der Waals surface area (Å²) >= 11 is 0. The minimum absolute atomic E-state index is 0.0553. The minimum Gasteiger partial charge on any atom is -0.397 e. The Balaban J connectivity index is 1.93. The van der Waals surface area contributed by atoms with Gasteiger partial charge in [0.1, 0.15) is 5.82 Å². The number of sulfonamides is 1. The maximum Gasteiger partial charge on any atom is 0.261 e. The van der Waals surface area contributed by atoms with Crippen molar-refractivity contribution < 1.29 is 12.8 Å². The molecule has 0 spiro atoms. The van der Waals surface area contributed by atoms with E-state index in [2.05, 4.69) is 4.72 Å². The normalized spacial score (nSPS) is 14.0. The summed E-state index contributed by atoms with van der Waals surface area (Å²) in [7, 11) is -3.72. The molecule has 0 aromatic heterocycles. The number of aryl methyl sites for hydroxylation is 2. The Kier molecular flexibility index (Phi) is 3.33. The molecular formula is C15H15FN2O2S. The standard InChI is InChI=1S/C15H15FN2O2S/c16-12-5-7-15(14(17)9-12)18-21(19,20)13-6-4-10-2-1-3-11(10)8-13/h4-9,18H,1-3,17H2.